The fourth-order valence-corrected chi connectivity index (χ4v) is 6.47. The van der Waals surface area contributed by atoms with Crippen LogP contribution < -0.4 is 0 Å². The smallest absolute Gasteiger partial charge is 0.303 e. The van der Waals surface area contributed by atoms with E-state index in [-0.39, 0.29) is 24.9 Å². The number of hydrogen-bond donors (Lipinski definition) is 1. The first kappa shape index (κ1) is 36.8. The summed E-state index contributed by atoms with van der Waals surface area (Å²) in [7, 11) is -4.07. The van der Waals surface area contributed by atoms with Gasteiger partial charge in [0.25, 0.3) is 0 Å². The second-order valence-corrected chi connectivity index (χ2v) is 13.4. The molecule has 1 rings (SSSR count). The Morgan fingerprint density at radius 1 is 0.744 bits per heavy atom. The first-order valence-electron chi connectivity index (χ1n) is 16.8. The molecule has 39 heavy (non-hydrogen) atoms. The van der Waals surface area contributed by atoms with Crippen molar-refractivity contribution in [1.29, 1.82) is 0 Å². The van der Waals surface area contributed by atoms with Crippen LogP contribution >= 0.6 is 7.82 Å². The minimum atomic E-state index is -4.07. The third kappa shape index (κ3) is 23.0. The summed E-state index contributed by atoms with van der Waals surface area (Å²) in [5.41, 5.74) is 0. The Bertz CT molecular complexity index is 611. The number of phosphoric ester groups is 1. The van der Waals surface area contributed by atoms with E-state index in [1.807, 2.05) is 6.92 Å². The Morgan fingerprint density at radius 3 is 1.77 bits per heavy atom. The van der Waals surface area contributed by atoms with Crippen LogP contribution in [0.5, 0.6) is 0 Å². The van der Waals surface area contributed by atoms with Gasteiger partial charge in [-0.05, 0) is 51.1 Å². The highest BCUT2D eigenvalue weighted by Crippen LogP contribution is 2.44. The third-order valence-electron chi connectivity index (χ3n) is 8.06. The zero-order valence-corrected chi connectivity index (χ0v) is 26.7. The second kappa shape index (κ2) is 25.5. The van der Waals surface area contributed by atoms with Crippen molar-refractivity contribution >= 4 is 13.6 Å². The molecule has 7 heteroatoms. The lowest BCUT2D eigenvalue weighted by Crippen LogP contribution is -2.21. The molecule has 1 heterocycles. The van der Waals surface area contributed by atoms with Gasteiger partial charge < -0.3 is 9.79 Å². The summed E-state index contributed by atoms with van der Waals surface area (Å²) >= 11 is 0. The van der Waals surface area contributed by atoms with Gasteiger partial charge in [0, 0.05) is 19.4 Å². The van der Waals surface area contributed by atoms with E-state index in [2.05, 4.69) is 11.8 Å². The van der Waals surface area contributed by atoms with Gasteiger partial charge in [0.05, 0.1) is 13.2 Å². The highest BCUT2D eigenvalue weighted by Gasteiger charge is 2.24. The van der Waals surface area contributed by atoms with Crippen LogP contribution in [0.15, 0.2) is 0 Å². The van der Waals surface area contributed by atoms with E-state index in [1.54, 1.807) is 0 Å². The van der Waals surface area contributed by atoms with E-state index >= 15 is 0 Å². The molecule has 232 valence electrons. The van der Waals surface area contributed by atoms with Crippen molar-refractivity contribution in [2.45, 2.75) is 162 Å². The molecule has 0 spiro atoms. The van der Waals surface area contributed by atoms with E-state index in [0.717, 1.165) is 51.7 Å². The van der Waals surface area contributed by atoms with Crippen molar-refractivity contribution in [2.75, 3.05) is 32.8 Å². The highest BCUT2D eigenvalue weighted by atomic mass is 31.2. The fraction of sp³-hybridized carbons (Fsp3) is 0.969. The topological polar surface area (TPSA) is 76.1 Å². The van der Waals surface area contributed by atoms with Crippen LogP contribution in [0.4, 0.5) is 0 Å². The Kier molecular flexibility index (Phi) is 24.0. The number of Topliss-reactive ketones (excluding diaryl/α,β-unsaturated/α-hetero) is 1. The van der Waals surface area contributed by atoms with Gasteiger partial charge in [-0.25, -0.2) is 4.57 Å². The summed E-state index contributed by atoms with van der Waals surface area (Å²) in [5, 5.41) is 0. The number of ketones is 1. The van der Waals surface area contributed by atoms with E-state index in [0.29, 0.717) is 12.8 Å². The first-order chi connectivity index (χ1) is 19.0. The third-order valence-corrected chi connectivity index (χ3v) is 9.04. The summed E-state index contributed by atoms with van der Waals surface area (Å²) in [6, 6.07) is 0. The molecule has 0 saturated carbocycles. The zero-order valence-electron chi connectivity index (χ0n) is 25.9. The van der Waals surface area contributed by atoms with Crippen LogP contribution in [0.1, 0.15) is 162 Å². The average Bonchev–Trinajstić information content (AvgIpc) is 3.43. The summed E-state index contributed by atoms with van der Waals surface area (Å²) in [5.74, 6) is 0.214. The molecular weight excluding hydrogens is 509 g/mol. The molecule has 0 aromatic rings. The Hall–Kier alpha value is -0.260. The van der Waals surface area contributed by atoms with Crippen LogP contribution in [-0.2, 0) is 18.4 Å². The number of likely N-dealkylation sites (tertiary alicyclic amines) is 1. The summed E-state index contributed by atoms with van der Waals surface area (Å²) < 4.78 is 22.9. The fourth-order valence-electron chi connectivity index (χ4n) is 5.64. The number of unbranched alkanes of at least 4 members (excludes halogenated alkanes) is 15. The van der Waals surface area contributed by atoms with Crippen LogP contribution in [0.3, 0.4) is 0 Å². The number of phosphoric acid groups is 1. The molecule has 0 radical (unpaired) electrons. The summed E-state index contributed by atoms with van der Waals surface area (Å²) in [4.78, 5) is 24.7. The predicted molar refractivity (Wildman–Crippen MR) is 164 cm³/mol. The molecular formula is C32H64NO5P. The SMILES string of the molecule is CCCCCCCCCCCCCCCCCCC(COP(=O)(O)OCCCN1CCCC1)CC(=O)CCC. The molecule has 1 aliphatic rings. The summed E-state index contributed by atoms with van der Waals surface area (Å²) in [6.07, 6.45) is 27.3. The van der Waals surface area contributed by atoms with Crippen molar-refractivity contribution in [3.05, 3.63) is 0 Å². The maximum atomic E-state index is 12.4. The van der Waals surface area contributed by atoms with Gasteiger partial charge >= 0.3 is 7.82 Å². The van der Waals surface area contributed by atoms with Gasteiger partial charge in [-0.15, -0.1) is 0 Å². The van der Waals surface area contributed by atoms with Crippen LogP contribution in [-0.4, -0.2) is 48.4 Å². The Labute approximate surface area is 242 Å². The largest absolute Gasteiger partial charge is 0.472 e. The second-order valence-electron chi connectivity index (χ2n) is 12.0. The lowest BCUT2D eigenvalue weighted by Gasteiger charge is -2.19. The number of carbonyl (C=O) groups excluding carboxylic acids is 1. The van der Waals surface area contributed by atoms with Gasteiger partial charge in [-0.2, -0.15) is 0 Å². The van der Waals surface area contributed by atoms with Gasteiger partial charge in [0.15, 0.2) is 0 Å². The van der Waals surface area contributed by atoms with Crippen molar-refractivity contribution in [3.63, 3.8) is 0 Å². The minimum Gasteiger partial charge on any atom is -0.303 e. The molecule has 1 aliphatic heterocycles. The average molecular weight is 574 g/mol. The molecule has 0 aromatic carbocycles. The van der Waals surface area contributed by atoms with Gasteiger partial charge in [-0.3, -0.25) is 13.8 Å². The van der Waals surface area contributed by atoms with Gasteiger partial charge in [0.1, 0.15) is 5.78 Å². The standard InChI is InChI=1S/C32H64NO5P/c1-3-5-6-7-8-9-10-11-12-13-14-15-16-17-18-19-24-31(29-32(34)23-4-2)30-38-39(35,36)37-28-22-27-33-25-20-21-26-33/h31H,3-30H2,1-2H3,(H,35,36). The monoisotopic (exact) mass is 573 g/mol. The maximum Gasteiger partial charge on any atom is 0.472 e. The van der Waals surface area contributed by atoms with Gasteiger partial charge in [0.2, 0.25) is 0 Å². The Balaban J connectivity index is 2.09. The van der Waals surface area contributed by atoms with E-state index < -0.39 is 7.82 Å². The van der Waals surface area contributed by atoms with Crippen molar-refractivity contribution < 1.29 is 23.3 Å². The molecule has 2 unspecified atom stereocenters. The van der Waals surface area contributed by atoms with E-state index in [1.165, 1.54) is 103 Å². The molecule has 0 aromatic heterocycles. The van der Waals surface area contributed by atoms with E-state index in [4.69, 9.17) is 9.05 Å². The molecule has 6 nitrogen and oxygen atoms in total. The van der Waals surface area contributed by atoms with Crippen LogP contribution in [0, 0.1) is 5.92 Å². The highest BCUT2D eigenvalue weighted by molar-refractivity contribution is 7.47. The van der Waals surface area contributed by atoms with Crippen LogP contribution in [0.25, 0.3) is 0 Å². The number of nitrogens with zero attached hydrogens (tertiary/aromatic N) is 1. The predicted octanol–water partition coefficient (Wildman–Crippen LogP) is 9.63. The first-order valence-corrected chi connectivity index (χ1v) is 18.3. The maximum absolute atomic E-state index is 12.4. The molecule has 0 bridgehead atoms. The van der Waals surface area contributed by atoms with Crippen molar-refractivity contribution in [2.24, 2.45) is 5.92 Å². The lowest BCUT2D eigenvalue weighted by atomic mass is 9.94. The summed E-state index contributed by atoms with van der Waals surface area (Å²) in [6.45, 7) is 7.75. The molecule has 0 aliphatic carbocycles. The number of hydrogen-bond acceptors (Lipinski definition) is 5. The molecule has 1 fully saturated rings. The van der Waals surface area contributed by atoms with Gasteiger partial charge in [-0.1, -0.05) is 117 Å². The van der Waals surface area contributed by atoms with Crippen molar-refractivity contribution in [3.8, 4) is 0 Å². The zero-order chi connectivity index (χ0) is 28.4. The Morgan fingerprint density at radius 2 is 1.26 bits per heavy atom. The number of carbonyl (C=O) groups is 1. The normalized spacial score (nSPS) is 16.5. The van der Waals surface area contributed by atoms with E-state index in [9.17, 15) is 14.3 Å². The molecule has 1 saturated heterocycles. The molecule has 0 amide bonds. The lowest BCUT2D eigenvalue weighted by molar-refractivity contribution is -0.120. The molecule has 1 N–H and O–H groups in total. The van der Waals surface area contributed by atoms with Crippen molar-refractivity contribution in [1.82, 2.24) is 4.90 Å². The molecule has 2 atom stereocenters. The minimum absolute atomic E-state index is 0.00984. The quantitative estimate of drug-likeness (QED) is 0.0709. The van der Waals surface area contributed by atoms with Crippen LogP contribution in [0.2, 0.25) is 0 Å². The number of rotatable bonds is 29.